The maximum atomic E-state index is 12.6. The number of rotatable bonds is 5. The highest BCUT2D eigenvalue weighted by molar-refractivity contribution is 5.79. The van der Waals surface area contributed by atoms with Crippen molar-refractivity contribution >= 4 is 5.91 Å². The fraction of sp³-hybridized carbons (Fsp3) is 0.938. The van der Waals surface area contributed by atoms with E-state index in [4.69, 9.17) is 10.5 Å². The average Bonchev–Trinajstić information content (AvgIpc) is 2.48. The summed E-state index contributed by atoms with van der Waals surface area (Å²) in [5, 5.41) is 0. The molecule has 4 nitrogen and oxygen atoms in total. The molecule has 1 aliphatic heterocycles. The smallest absolute Gasteiger partial charge is 0.225 e. The van der Waals surface area contributed by atoms with Gasteiger partial charge in [-0.1, -0.05) is 12.8 Å². The lowest BCUT2D eigenvalue weighted by Crippen LogP contribution is -2.44. The molecule has 1 amide bonds. The van der Waals surface area contributed by atoms with Crippen molar-refractivity contribution in [1.82, 2.24) is 4.90 Å². The number of nitrogens with two attached hydrogens (primary N) is 1. The molecule has 0 aromatic rings. The van der Waals surface area contributed by atoms with Crippen molar-refractivity contribution in [2.45, 2.75) is 58.0 Å². The number of hydrogen-bond acceptors (Lipinski definition) is 3. The van der Waals surface area contributed by atoms with Crippen molar-refractivity contribution in [3.8, 4) is 0 Å². The van der Waals surface area contributed by atoms with Crippen molar-refractivity contribution < 1.29 is 9.53 Å². The predicted molar refractivity (Wildman–Crippen MR) is 80.3 cm³/mol. The van der Waals surface area contributed by atoms with Crippen molar-refractivity contribution in [2.24, 2.45) is 17.6 Å². The Morgan fingerprint density at radius 1 is 1.25 bits per heavy atom. The van der Waals surface area contributed by atoms with E-state index in [0.29, 0.717) is 17.9 Å². The minimum Gasteiger partial charge on any atom is -0.378 e. The van der Waals surface area contributed by atoms with E-state index < -0.39 is 0 Å². The molecule has 2 fully saturated rings. The standard InChI is InChI=1S/C16H30N2O2/c1-2-20-15-7-10-18(11-8-15)16(19)14-5-3-4-13(12-14)6-9-17/h13-15H,2-12,17H2,1H3. The molecule has 116 valence electrons. The molecule has 1 saturated carbocycles. The Balaban J connectivity index is 1.79. The minimum atomic E-state index is 0.254. The topological polar surface area (TPSA) is 55.6 Å². The van der Waals surface area contributed by atoms with Crippen LogP contribution in [-0.2, 0) is 9.53 Å². The summed E-state index contributed by atoms with van der Waals surface area (Å²) in [6.07, 6.45) is 8.02. The molecule has 0 bridgehead atoms. The summed E-state index contributed by atoms with van der Waals surface area (Å²) in [6.45, 7) is 5.33. The molecule has 4 heteroatoms. The van der Waals surface area contributed by atoms with Crippen LogP contribution < -0.4 is 5.73 Å². The Kier molecular flexibility index (Phi) is 6.30. The molecule has 20 heavy (non-hydrogen) atoms. The predicted octanol–water partition coefficient (Wildman–Crippen LogP) is 2.17. The molecule has 2 unspecified atom stereocenters. The van der Waals surface area contributed by atoms with Gasteiger partial charge in [-0.3, -0.25) is 4.79 Å². The maximum Gasteiger partial charge on any atom is 0.225 e. The fourth-order valence-electron chi connectivity index (χ4n) is 3.75. The number of carbonyl (C=O) groups is 1. The van der Waals surface area contributed by atoms with Gasteiger partial charge in [-0.15, -0.1) is 0 Å². The third-order valence-corrected chi connectivity index (χ3v) is 4.86. The van der Waals surface area contributed by atoms with E-state index >= 15 is 0 Å². The Labute approximate surface area is 123 Å². The first kappa shape index (κ1) is 15.8. The lowest BCUT2D eigenvalue weighted by Gasteiger charge is -2.36. The highest BCUT2D eigenvalue weighted by Gasteiger charge is 2.31. The van der Waals surface area contributed by atoms with Crippen LogP contribution in [0.5, 0.6) is 0 Å². The van der Waals surface area contributed by atoms with E-state index in [1.165, 1.54) is 12.8 Å². The van der Waals surface area contributed by atoms with E-state index in [9.17, 15) is 4.79 Å². The molecule has 0 spiro atoms. The molecular formula is C16H30N2O2. The van der Waals surface area contributed by atoms with Gasteiger partial charge in [0.2, 0.25) is 5.91 Å². The van der Waals surface area contributed by atoms with Crippen molar-refractivity contribution in [2.75, 3.05) is 26.2 Å². The van der Waals surface area contributed by atoms with Crippen LogP contribution in [0.1, 0.15) is 51.9 Å². The fourth-order valence-corrected chi connectivity index (χ4v) is 3.75. The maximum absolute atomic E-state index is 12.6. The van der Waals surface area contributed by atoms with Gasteiger partial charge >= 0.3 is 0 Å². The highest BCUT2D eigenvalue weighted by atomic mass is 16.5. The zero-order valence-electron chi connectivity index (χ0n) is 12.9. The molecule has 0 aromatic carbocycles. The van der Waals surface area contributed by atoms with E-state index in [1.54, 1.807) is 0 Å². The Hall–Kier alpha value is -0.610. The lowest BCUT2D eigenvalue weighted by atomic mass is 9.79. The summed E-state index contributed by atoms with van der Waals surface area (Å²) in [7, 11) is 0. The zero-order valence-corrected chi connectivity index (χ0v) is 12.9. The second kappa shape index (κ2) is 7.99. The van der Waals surface area contributed by atoms with Gasteiger partial charge in [0.1, 0.15) is 0 Å². The number of ether oxygens (including phenoxy) is 1. The van der Waals surface area contributed by atoms with E-state index in [0.717, 1.165) is 58.3 Å². The number of amides is 1. The summed E-state index contributed by atoms with van der Waals surface area (Å²) in [5.41, 5.74) is 5.66. The summed E-state index contributed by atoms with van der Waals surface area (Å²) < 4.78 is 5.65. The second-order valence-electron chi connectivity index (χ2n) is 6.29. The summed E-state index contributed by atoms with van der Waals surface area (Å²) in [5.74, 6) is 1.31. The van der Waals surface area contributed by atoms with Gasteiger partial charge in [0.15, 0.2) is 0 Å². The Morgan fingerprint density at radius 3 is 2.65 bits per heavy atom. The van der Waals surface area contributed by atoms with Crippen LogP contribution in [0, 0.1) is 11.8 Å². The molecule has 1 aliphatic carbocycles. The van der Waals surface area contributed by atoms with Crippen LogP contribution in [0.15, 0.2) is 0 Å². The number of carbonyl (C=O) groups excluding carboxylic acids is 1. The van der Waals surface area contributed by atoms with Crippen LogP contribution in [-0.4, -0.2) is 43.2 Å². The molecule has 2 atom stereocenters. The van der Waals surface area contributed by atoms with Crippen molar-refractivity contribution in [3.63, 3.8) is 0 Å². The van der Waals surface area contributed by atoms with Gasteiger partial charge in [0.05, 0.1) is 6.10 Å². The Bertz CT molecular complexity index is 299. The first-order chi connectivity index (χ1) is 9.74. The number of hydrogen-bond donors (Lipinski definition) is 1. The summed E-state index contributed by atoms with van der Waals surface area (Å²) >= 11 is 0. The number of nitrogens with zero attached hydrogens (tertiary/aromatic N) is 1. The molecular weight excluding hydrogens is 252 g/mol. The van der Waals surface area contributed by atoms with Crippen LogP contribution in [0.25, 0.3) is 0 Å². The van der Waals surface area contributed by atoms with Crippen molar-refractivity contribution in [3.05, 3.63) is 0 Å². The zero-order chi connectivity index (χ0) is 14.4. The molecule has 1 heterocycles. The van der Waals surface area contributed by atoms with Crippen LogP contribution in [0.3, 0.4) is 0 Å². The SMILES string of the molecule is CCOC1CCN(C(=O)C2CCCC(CCN)C2)CC1. The molecule has 0 aromatic heterocycles. The molecule has 1 saturated heterocycles. The molecule has 2 rings (SSSR count). The van der Waals surface area contributed by atoms with Crippen LogP contribution >= 0.6 is 0 Å². The Morgan fingerprint density at radius 2 is 2.00 bits per heavy atom. The summed E-state index contributed by atoms with van der Waals surface area (Å²) in [6, 6.07) is 0. The van der Waals surface area contributed by atoms with E-state index in [2.05, 4.69) is 4.90 Å². The van der Waals surface area contributed by atoms with Crippen LogP contribution in [0.4, 0.5) is 0 Å². The summed E-state index contributed by atoms with van der Waals surface area (Å²) in [4.78, 5) is 14.7. The monoisotopic (exact) mass is 282 g/mol. The first-order valence-corrected chi connectivity index (χ1v) is 8.35. The lowest BCUT2D eigenvalue weighted by molar-refractivity contribution is -0.139. The van der Waals surface area contributed by atoms with E-state index in [-0.39, 0.29) is 5.92 Å². The second-order valence-corrected chi connectivity index (χ2v) is 6.29. The molecule has 0 radical (unpaired) electrons. The normalized spacial score (nSPS) is 28.6. The van der Waals surface area contributed by atoms with Crippen LogP contribution in [0.2, 0.25) is 0 Å². The first-order valence-electron chi connectivity index (χ1n) is 8.35. The minimum absolute atomic E-state index is 0.254. The van der Waals surface area contributed by atoms with Gasteiger partial charge in [0, 0.05) is 25.6 Å². The number of likely N-dealkylation sites (tertiary alicyclic amines) is 1. The van der Waals surface area contributed by atoms with Gasteiger partial charge in [-0.25, -0.2) is 0 Å². The van der Waals surface area contributed by atoms with E-state index in [1.807, 2.05) is 6.92 Å². The largest absolute Gasteiger partial charge is 0.378 e. The van der Waals surface area contributed by atoms with Gasteiger partial charge < -0.3 is 15.4 Å². The quantitative estimate of drug-likeness (QED) is 0.841. The van der Waals surface area contributed by atoms with Gasteiger partial charge in [-0.2, -0.15) is 0 Å². The average molecular weight is 282 g/mol. The molecule has 2 aliphatic rings. The van der Waals surface area contributed by atoms with Gasteiger partial charge in [0.25, 0.3) is 0 Å². The number of piperidine rings is 1. The third kappa shape index (κ3) is 4.19. The third-order valence-electron chi connectivity index (χ3n) is 4.86. The highest BCUT2D eigenvalue weighted by Crippen LogP contribution is 2.32. The van der Waals surface area contributed by atoms with Gasteiger partial charge in [-0.05, 0) is 51.5 Å². The molecule has 2 N–H and O–H groups in total. The van der Waals surface area contributed by atoms with Crippen molar-refractivity contribution in [1.29, 1.82) is 0 Å².